The smallest absolute Gasteiger partial charge is 0.327 e. The van der Waals surface area contributed by atoms with E-state index in [9.17, 15) is 23.3 Å². The monoisotopic (exact) mass is 446 g/mol. The van der Waals surface area contributed by atoms with Gasteiger partial charge < -0.3 is 9.15 Å². The molecule has 3 aromatic rings. The van der Waals surface area contributed by atoms with E-state index in [2.05, 4.69) is 10.2 Å². The fourth-order valence-corrected chi connectivity index (χ4v) is 3.59. The molecular formula is C19H18N4O7S. The third kappa shape index (κ3) is 5.42. The summed E-state index contributed by atoms with van der Waals surface area (Å²) < 4.78 is 35.7. The van der Waals surface area contributed by atoms with Crippen LogP contribution in [0.4, 0.5) is 11.4 Å². The van der Waals surface area contributed by atoms with Crippen LogP contribution in [0.15, 0.2) is 52.9 Å². The summed E-state index contributed by atoms with van der Waals surface area (Å²) in [6.45, 7) is 0.855. The molecule has 0 bridgehead atoms. The van der Waals surface area contributed by atoms with Crippen LogP contribution in [-0.4, -0.2) is 42.3 Å². The van der Waals surface area contributed by atoms with Gasteiger partial charge in [0.2, 0.25) is 15.9 Å². The number of aryl methyl sites for hydroxylation is 1. The molecule has 0 fully saturated rings. The summed E-state index contributed by atoms with van der Waals surface area (Å²) >= 11 is 0. The Bertz CT molecular complexity index is 1210. The number of nitro benzene ring substituents is 1. The van der Waals surface area contributed by atoms with E-state index < -0.39 is 27.5 Å². The first kappa shape index (κ1) is 21.9. The average Bonchev–Trinajstić information content (AvgIpc) is 3.19. The number of carbonyl (C=O) groups is 1. The quantitative estimate of drug-likeness (QED) is 0.289. The minimum atomic E-state index is -3.73. The maximum atomic E-state index is 12.3. The summed E-state index contributed by atoms with van der Waals surface area (Å²) in [5.41, 5.74) is 1.44. The fourth-order valence-electron chi connectivity index (χ4n) is 2.68. The van der Waals surface area contributed by atoms with Crippen molar-refractivity contribution in [3.63, 3.8) is 0 Å². The number of para-hydroxylation sites is 1. The summed E-state index contributed by atoms with van der Waals surface area (Å²) in [5, 5.41) is 18.3. The molecule has 31 heavy (non-hydrogen) atoms. The minimum Gasteiger partial charge on any atom is -0.454 e. The molecule has 0 aliphatic carbocycles. The lowest BCUT2D eigenvalue weighted by Crippen LogP contribution is -2.36. The second-order valence-corrected chi connectivity index (χ2v) is 8.43. The molecule has 2 aromatic carbocycles. The van der Waals surface area contributed by atoms with Crippen molar-refractivity contribution in [1.29, 1.82) is 0 Å². The Kier molecular flexibility index (Phi) is 6.30. The SMILES string of the molecule is Cc1ccccc1N(CC(=O)OCc1nnc(-c2ccc([N+](=O)[O-])cc2)o1)S(C)(=O)=O. The van der Waals surface area contributed by atoms with Gasteiger partial charge in [-0.05, 0) is 30.7 Å². The van der Waals surface area contributed by atoms with Crippen LogP contribution in [0, 0.1) is 17.0 Å². The van der Waals surface area contributed by atoms with Crippen LogP contribution < -0.4 is 4.31 Å². The molecule has 0 amide bonds. The lowest BCUT2D eigenvalue weighted by atomic mass is 10.2. The Hall–Kier alpha value is -3.80. The number of rotatable bonds is 8. The van der Waals surface area contributed by atoms with Crippen LogP contribution in [-0.2, 0) is 26.2 Å². The molecular weight excluding hydrogens is 428 g/mol. The van der Waals surface area contributed by atoms with Gasteiger partial charge in [0.15, 0.2) is 6.61 Å². The third-order valence-corrected chi connectivity index (χ3v) is 5.33. The maximum Gasteiger partial charge on any atom is 0.327 e. The van der Waals surface area contributed by atoms with Crippen LogP contribution >= 0.6 is 0 Å². The maximum absolute atomic E-state index is 12.3. The highest BCUT2D eigenvalue weighted by Crippen LogP contribution is 2.23. The zero-order valence-electron chi connectivity index (χ0n) is 16.6. The van der Waals surface area contributed by atoms with E-state index in [4.69, 9.17) is 9.15 Å². The topological polar surface area (TPSA) is 146 Å². The molecule has 3 rings (SSSR count). The number of esters is 1. The number of nitro groups is 1. The Morgan fingerprint density at radius 3 is 2.45 bits per heavy atom. The number of non-ortho nitro benzene ring substituents is 1. The number of anilines is 1. The van der Waals surface area contributed by atoms with E-state index >= 15 is 0 Å². The molecule has 0 spiro atoms. The lowest BCUT2D eigenvalue weighted by Gasteiger charge is -2.22. The summed E-state index contributed by atoms with van der Waals surface area (Å²) in [4.78, 5) is 22.4. The molecule has 1 heterocycles. The fraction of sp³-hybridized carbons (Fsp3) is 0.211. The Morgan fingerprint density at radius 1 is 1.16 bits per heavy atom. The van der Waals surface area contributed by atoms with Crippen molar-refractivity contribution in [3.8, 4) is 11.5 Å². The van der Waals surface area contributed by atoms with E-state index in [1.54, 1.807) is 31.2 Å². The highest BCUT2D eigenvalue weighted by Gasteiger charge is 2.23. The lowest BCUT2D eigenvalue weighted by molar-refractivity contribution is -0.384. The van der Waals surface area contributed by atoms with E-state index in [-0.39, 0.29) is 24.1 Å². The number of aromatic nitrogens is 2. The number of ether oxygens (including phenoxy) is 1. The third-order valence-electron chi connectivity index (χ3n) is 4.21. The number of hydrogen-bond donors (Lipinski definition) is 0. The van der Waals surface area contributed by atoms with Gasteiger partial charge in [-0.25, -0.2) is 8.42 Å². The highest BCUT2D eigenvalue weighted by atomic mass is 32.2. The first-order valence-electron chi connectivity index (χ1n) is 8.91. The Balaban J connectivity index is 1.65. The number of benzene rings is 2. The largest absolute Gasteiger partial charge is 0.454 e. The number of carbonyl (C=O) groups excluding carboxylic acids is 1. The molecule has 11 nitrogen and oxygen atoms in total. The zero-order chi connectivity index (χ0) is 22.6. The van der Waals surface area contributed by atoms with Gasteiger partial charge in [-0.3, -0.25) is 19.2 Å². The summed E-state index contributed by atoms with van der Waals surface area (Å²) in [6.07, 6.45) is 1.00. The molecule has 0 N–H and O–H groups in total. The molecule has 1 aromatic heterocycles. The average molecular weight is 446 g/mol. The standard InChI is InChI=1S/C19H18N4O7S/c1-13-5-3-4-6-16(13)22(31(2,27)28)11-18(24)29-12-17-20-21-19(30-17)14-7-9-15(10-8-14)23(25)26/h3-10H,11-12H2,1-2H3. The van der Waals surface area contributed by atoms with Gasteiger partial charge in [0.1, 0.15) is 6.54 Å². The van der Waals surface area contributed by atoms with Crippen LogP contribution in [0.1, 0.15) is 11.5 Å². The molecule has 0 radical (unpaired) electrons. The van der Waals surface area contributed by atoms with Crippen molar-refractivity contribution < 1.29 is 27.3 Å². The first-order valence-corrected chi connectivity index (χ1v) is 10.8. The van der Waals surface area contributed by atoms with E-state index in [0.29, 0.717) is 16.8 Å². The van der Waals surface area contributed by atoms with Crippen molar-refractivity contribution in [2.75, 3.05) is 17.1 Å². The van der Waals surface area contributed by atoms with Crippen molar-refractivity contribution in [2.24, 2.45) is 0 Å². The van der Waals surface area contributed by atoms with Gasteiger partial charge in [-0.15, -0.1) is 10.2 Å². The molecule has 0 saturated carbocycles. The van der Waals surface area contributed by atoms with Gasteiger partial charge in [0, 0.05) is 17.7 Å². The van der Waals surface area contributed by atoms with E-state index in [1.165, 1.54) is 24.3 Å². The Labute approximate surface area is 177 Å². The highest BCUT2D eigenvalue weighted by molar-refractivity contribution is 7.92. The minimum absolute atomic E-state index is 0.0106. The molecule has 0 aliphatic rings. The van der Waals surface area contributed by atoms with Crippen LogP contribution in [0.25, 0.3) is 11.5 Å². The van der Waals surface area contributed by atoms with Gasteiger partial charge in [-0.1, -0.05) is 18.2 Å². The molecule has 0 unspecified atom stereocenters. The van der Waals surface area contributed by atoms with Crippen molar-refractivity contribution in [2.45, 2.75) is 13.5 Å². The van der Waals surface area contributed by atoms with Gasteiger partial charge in [0.25, 0.3) is 11.6 Å². The predicted octanol–water partition coefficient (Wildman–Crippen LogP) is 2.46. The van der Waals surface area contributed by atoms with Crippen molar-refractivity contribution in [1.82, 2.24) is 10.2 Å². The van der Waals surface area contributed by atoms with E-state index in [1.807, 2.05) is 0 Å². The van der Waals surface area contributed by atoms with Crippen LogP contribution in [0.5, 0.6) is 0 Å². The first-order chi connectivity index (χ1) is 14.6. The number of hydrogen-bond acceptors (Lipinski definition) is 9. The summed E-state index contributed by atoms with van der Waals surface area (Å²) in [5.74, 6) is -0.717. The normalized spacial score (nSPS) is 11.2. The Morgan fingerprint density at radius 2 is 1.84 bits per heavy atom. The van der Waals surface area contributed by atoms with E-state index in [0.717, 1.165) is 10.6 Å². The number of sulfonamides is 1. The molecule has 162 valence electrons. The molecule has 0 aliphatic heterocycles. The van der Waals surface area contributed by atoms with Crippen molar-refractivity contribution >= 4 is 27.4 Å². The summed E-state index contributed by atoms with van der Waals surface area (Å²) in [6, 6.07) is 12.3. The molecule has 0 saturated heterocycles. The predicted molar refractivity (Wildman–Crippen MR) is 110 cm³/mol. The van der Waals surface area contributed by atoms with Crippen molar-refractivity contribution in [3.05, 3.63) is 70.1 Å². The summed E-state index contributed by atoms with van der Waals surface area (Å²) in [7, 11) is -3.73. The second-order valence-electron chi connectivity index (χ2n) is 6.52. The van der Waals surface area contributed by atoms with Crippen LogP contribution in [0.3, 0.4) is 0 Å². The van der Waals surface area contributed by atoms with Crippen LogP contribution in [0.2, 0.25) is 0 Å². The van der Waals surface area contributed by atoms with Gasteiger partial charge >= 0.3 is 5.97 Å². The second kappa shape index (κ2) is 8.92. The number of nitrogens with zero attached hydrogens (tertiary/aromatic N) is 4. The molecule has 0 atom stereocenters. The molecule has 12 heteroatoms. The van der Waals surface area contributed by atoms with Gasteiger partial charge in [-0.2, -0.15) is 0 Å². The zero-order valence-corrected chi connectivity index (χ0v) is 17.4. The van der Waals surface area contributed by atoms with Gasteiger partial charge in [0.05, 0.1) is 16.9 Å².